The van der Waals surface area contributed by atoms with E-state index in [1.807, 2.05) is 10.8 Å². The summed E-state index contributed by atoms with van der Waals surface area (Å²) in [6.45, 7) is 1.67. The Morgan fingerprint density at radius 2 is 2.20 bits per heavy atom. The zero-order chi connectivity index (χ0) is 14.8. The standard InChI is InChI=1S/C13H17NO5S/c1-13(18,8-4-5-20-6-8)7-14-11(15)9-2-3-10(19-9)12(16)17/h4-6,9-10,18H,2-3,7H2,1H3,(H,14,15)(H,16,17)/t9-,10+,13?/m0/s1. The second-order valence-electron chi connectivity index (χ2n) is 5.03. The van der Waals surface area contributed by atoms with E-state index in [4.69, 9.17) is 9.84 Å². The first-order chi connectivity index (χ1) is 9.40. The maximum absolute atomic E-state index is 11.9. The molecule has 7 heteroatoms. The molecule has 1 amide bonds. The Morgan fingerprint density at radius 1 is 1.50 bits per heavy atom. The Balaban J connectivity index is 1.85. The third-order valence-corrected chi connectivity index (χ3v) is 4.02. The van der Waals surface area contributed by atoms with E-state index in [9.17, 15) is 14.7 Å². The molecule has 0 saturated carbocycles. The SMILES string of the molecule is CC(O)(CNC(=O)[C@@H]1CC[C@H](C(=O)O)O1)c1ccsc1. The van der Waals surface area contributed by atoms with Crippen molar-refractivity contribution in [1.82, 2.24) is 5.32 Å². The van der Waals surface area contributed by atoms with Crippen LogP contribution in [0.5, 0.6) is 0 Å². The summed E-state index contributed by atoms with van der Waals surface area (Å²) < 4.78 is 5.15. The predicted octanol–water partition coefficient (Wildman–Crippen LogP) is 0.704. The number of carboxylic acids is 1. The monoisotopic (exact) mass is 299 g/mol. The second-order valence-corrected chi connectivity index (χ2v) is 5.81. The fourth-order valence-corrected chi connectivity index (χ4v) is 2.84. The number of carboxylic acid groups (broad SMARTS) is 1. The summed E-state index contributed by atoms with van der Waals surface area (Å²) in [6, 6.07) is 1.79. The minimum Gasteiger partial charge on any atom is -0.479 e. The van der Waals surface area contributed by atoms with Gasteiger partial charge in [0.15, 0.2) is 6.10 Å². The molecule has 20 heavy (non-hydrogen) atoms. The molecule has 0 spiro atoms. The molecule has 3 atom stereocenters. The largest absolute Gasteiger partial charge is 0.479 e. The average molecular weight is 299 g/mol. The van der Waals surface area contributed by atoms with Crippen LogP contribution in [-0.2, 0) is 19.9 Å². The first-order valence-electron chi connectivity index (χ1n) is 6.31. The number of amides is 1. The summed E-state index contributed by atoms with van der Waals surface area (Å²) in [6.07, 6.45) is -0.963. The lowest BCUT2D eigenvalue weighted by Gasteiger charge is -2.23. The Hall–Kier alpha value is -1.44. The molecule has 1 fully saturated rings. The molecule has 1 aromatic rings. The van der Waals surface area contributed by atoms with E-state index in [0.717, 1.165) is 5.56 Å². The normalized spacial score (nSPS) is 25.1. The molecular formula is C13H17NO5S. The zero-order valence-corrected chi connectivity index (χ0v) is 11.9. The fraction of sp³-hybridized carbons (Fsp3) is 0.538. The highest BCUT2D eigenvalue weighted by molar-refractivity contribution is 7.08. The van der Waals surface area contributed by atoms with Gasteiger partial charge in [-0.3, -0.25) is 4.79 Å². The maximum Gasteiger partial charge on any atom is 0.332 e. The van der Waals surface area contributed by atoms with Crippen molar-refractivity contribution in [2.45, 2.75) is 37.6 Å². The molecule has 1 aromatic heterocycles. The molecule has 0 aromatic carbocycles. The van der Waals surface area contributed by atoms with E-state index >= 15 is 0 Å². The lowest BCUT2D eigenvalue weighted by atomic mass is 9.99. The van der Waals surface area contributed by atoms with Crippen molar-refractivity contribution in [2.75, 3.05) is 6.54 Å². The van der Waals surface area contributed by atoms with Gasteiger partial charge in [0, 0.05) is 0 Å². The van der Waals surface area contributed by atoms with Crippen molar-refractivity contribution in [2.24, 2.45) is 0 Å². The van der Waals surface area contributed by atoms with Crippen molar-refractivity contribution in [1.29, 1.82) is 0 Å². The predicted molar refractivity (Wildman–Crippen MR) is 72.4 cm³/mol. The Bertz CT molecular complexity index is 485. The molecule has 0 aliphatic carbocycles. The summed E-state index contributed by atoms with van der Waals surface area (Å²) >= 11 is 1.47. The smallest absolute Gasteiger partial charge is 0.332 e. The van der Waals surface area contributed by atoms with Gasteiger partial charge in [0.1, 0.15) is 11.7 Å². The van der Waals surface area contributed by atoms with Crippen molar-refractivity contribution in [3.05, 3.63) is 22.4 Å². The van der Waals surface area contributed by atoms with Crippen LogP contribution in [0.15, 0.2) is 16.8 Å². The van der Waals surface area contributed by atoms with Gasteiger partial charge in [0.25, 0.3) is 0 Å². The number of thiophene rings is 1. The quantitative estimate of drug-likeness (QED) is 0.744. The molecule has 2 rings (SSSR count). The Kier molecular flexibility index (Phi) is 4.42. The molecule has 110 valence electrons. The van der Waals surface area contributed by atoms with Gasteiger partial charge in [-0.1, -0.05) is 0 Å². The number of aliphatic carboxylic acids is 1. The topological polar surface area (TPSA) is 95.9 Å². The molecule has 3 N–H and O–H groups in total. The summed E-state index contributed by atoms with van der Waals surface area (Å²) in [7, 11) is 0. The highest BCUT2D eigenvalue weighted by Gasteiger charge is 2.35. The molecular weight excluding hydrogens is 282 g/mol. The molecule has 1 unspecified atom stereocenters. The van der Waals surface area contributed by atoms with Gasteiger partial charge >= 0.3 is 5.97 Å². The van der Waals surface area contributed by atoms with Gasteiger partial charge in [-0.05, 0) is 42.2 Å². The van der Waals surface area contributed by atoms with Crippen LogP contribution in [0.25, 0.3) is 0 Å². The summed E-state index contributed by atoms with van der Waals surface area (Å²) in [5.41, 5.74) is -0.418. The number of ether oxygens (including phenoxy) is 1. The van der Waals surface area contributed by atoms with Gasteiger partial charge in [-0.2, -0.15) is 11.3 Å². The number of nitrogens with one attached hydrogen (secondary N) is 1. The van der Waals surface area contributed by atoms with E-state index < -0.39 is 23.8 Å². The lowest BCUT2D eigenvalue weighted by molar-refractivity contribution is -0.152. The molecule has 0 bridgehead atoms. The van der Waals surface area contributed by atoms with Crippen molar-refractivity contribution >= 4 is 23.2 Å². The first kappa shape index (κ1) is 15.0. The van der Waals surface area contributed by atoms with Crippen LogP contribution in [0.3, 0.4) is 0 Å². The van der Waals surface area contributed by atoms with Crippen LogP contribution in [0.2, 0.25) is 0 Å². The van der Waals surface area contributed by atoms with Crippen LogP contribution < -0.4 is 5.32 Å². The van der Waals surface area contributed by atoms with E-state index in [2.05, 4.69) is 5.32 Å². The Labute approximate surface area is 120 Å². The minimum atomic E-state index is -1.15. The van der Waals surface area contributed by atoms with Gasteiger partial charge in [-0.15, -0.1) is 0 Å². The number of aliphatic hydroxyl groups is 1. The van der Waals surface area contributed by atoms with E-state index in [0.29, 0.717) is 12.8 Å². The first-order valence-corrected chi connectivity index (χ1v) is 7.25. The van der Waals surface area contributed by atoms with Crippen LogP contribution in [0.1, 0.15) is 25.3 Å². The molecule has 1 aliphatic heterocycles. The number of carbonyl (C=O) groups excluding carboxylic acids is 1. The zero-order valence-electron chi connectivity index (χ0n) is 11.0. The van der Waals surface area contributed by atoms with E-state index in [-0.39, 0.29) is 12.5 Å². The number of hydrogen-bond acceptors (Lipinski definition) is 5. The number of rotatable bonds is 5. The van der Waals surface area contributed by atoms with Crippen molar-refractivity contribution in [3.8, 4) is 0 Å². The van der Waals surface area contributed by atoms with E-state index in [1.54, 1.807) is 13.0 Å². The highest BCUT2D eigenvalue weighted by atomic mass is 32.1. The van der Waals surface area contributed by atoms with Gasteiger partial charge in [0.05, 0.1) is 6.54 Å². The average Bonchev–Trinajstić information content (AvgIpc) is 3.06. The van der Waals surface area contributed by atoms with E-state index in [1.165, 1.54) is 11.3 Å². The highest BCUT2D eigenvalue weighted by Crippen LogP contribution is 2.23. The minimum absolute atomic E-state index is 0.0557. The fourth-order valence-electron chi connectivity index (χ4n) is 2.06. The Morgan fingerprint density at radius 3 is 2.75 bits per heavy atom. The molecule has 1 saturated heterocycles. The van der Waals surface area contributed by atoms with Crippen LogP contribution in [0.4, 0.5) is 0 Å². The van der Waals surface area contributed by atoms with Gasteiger partial charge in [-0.25, -0.2) is 4.79 Å². The number of hydrogen-bond donors (Lipinski definition) is 3. The van der Waals surface area contributed by atoms with Gasteiger partial charge in [0.2, 0.25) is 5.91 Å². The summed E-state index contributed by atoms with van der Waals surface area (Å²) in [5.74, 6) is -1.44. The molecule has 0 radical (unpaired) electrons. The van der Waals surface area contributed by atoms with Crippen LogP contribution in [0, 0.1) is 0 Å². The van der Waals surface area contributed by atoms with Gasteiger partial charge < -0.3 is 20.3 Å². The molecule has 1 aliphatic rings. The van der Waals surface area contributed by atoms with Crippen molar-refractivity contribution in [3.63, 3.8) is 0 Å². The third kappa shape index (κ3) is 3.36. The van der Waals surface area contributed by atoms with Crippen molar-refractivity contribution < 1.29 is 24.5 Å². The van der Waals surface area contributed by atoms with Crippen LogP contribution in [-0.4, -0.2) is 40.8 Å². The third-order valence-electron chi connectivity index (χ3n) is 3.34. The lowest BCUT2D eigenvalue weighted by Crippen LogP contribution is -2.43. The summed E-state index contributed by atoms with van der Waals surface area (Å²) in [4.78, 5) is 22.6. The molecule has 2 heterocycles. The maximum atomic E-state index is 11.9. The number of carbonyl (C=O) groups is 2. The second kappa shape index (κ2) is 5.90. The molecule has 6 nitrogen and oxygen atoms in total. The summed E-state index contributed by atoms with van der Waals surface area (Å²) in [5, 5.41) is 25.3. The van der Waals surface area contributed by atoms with Crippen LogP contribution >= 0.6 is 11.3 Å².